The first-order valence-electron chi connectivity index (χ1n) is 7.23. The Hall–Kier alpha value is -2.86. The summed E-state index contributed by atoms with van der Waals surface area (Å²) in [6.07, 6.45) is 0. The fourth-order valence-electron chi connectivity index (χ4n) is 1.97. The zero-order valence-corrected chi connectivity index (χ0v) is 14.7. The van der Waals surface area contributed by atoms with Gasteiger partial charge in [-0.3, -0.25) is 19.2 Å². The second kappa shape index (κ2) is 8.01. The van der Waals surface area contributed by atoms with Gasteiger partial charge in [0.2, 0.25) is 11.8 Å². The molecule has 2 aliphatic heterocycles. The maximum Gasteiger partial charge on any atom is 0.272 e. The van der Waals surface area contributed by atoms with Gasteiger partial charge in [0.15, 0.2) is 10.3 Å². The van der Waals surface area contributed by atoms with Crippen molar-refractivity contribution in [1.82, 2.24) is 21.5 Å². The molecule has 1 aromatic carbocycles. The number of carbonyl (C=O) groups excluding carboxylic acids is 4. The number of amides is 4. The van der Waals surface area contributed by atoms with Gasteiger partial charge in [0.05, 0.1) is 22.6 Å². The summed E-state index contributed by atoms with van der Waals surface area (Å²) >= 11 is 2.32. The smallest absolute Gasteiger partial charge is 0.272 e. The zero-order chi connectivity index (χ0) is 18.5. The molecule has 134 valence electrons. The van der Waals surface area contributed by atoms with Crippen LogP contribution in [0, 0.1) is 0 Å². The third-order valence-corrected chi connectivity index (χ3v) is 4.85. The quantitative estimate of drug-likeness (QED) is 0.505. The van der Waals surface area contributed by atoms with Gasteiger partial charge >= 0.3 is 0 Å². The molecule has 0 spiro atoms. The van der Waals surface area contributed by atoms with Crippen LogP contribution in [0.15, 0.2) is 34.5 Å². The van der Waals surface area contributed by atoms with Crippen molar-refractivity contribution >= 4 is 57.5 Å². The molecule has 12 heteroatoms. The second-order valence-corrected chi connectivity index (χ2v) is 6.86. The normalized spacial score (nSPS) is 19.4. The van der Waals surface area contributed by atoms with Crippen LogP contribution in [0.1, 0.15) is 20.7 Å². The summed E-state index contributed by atoms with van der Waals surface area (Å²) in [5.74, 6) is -1.13. The van der Waals surface area contributed by atoms with E-state index in [1.165, 1.54) is 12.1 Å². The summed E-state index contributed by atoms with van der Waals surface area (Å²) in [4.78, 5) is 46.8. The molecule has 10 nitrogen and oxygen atoms in total. The Balaban J connectivity index is 1.69. The summed E-state index contributed by atoms with van der Waals surface area (Å²) < 4.78 is 0. The van der Waals surface area contributed by atoms with E-state index in [2.05, 4.69) is 31.7 Å². The summed E-state index contributed by atoms with van der Waals surface area (Å²) in [5, 5.41) is 13.1. The summed E-state index contributed by atoms with van der Waals surface area (Å²) in [7, 11) is 0. The number of hydrogen-bond acceptors (Lipinski definition) is 8. The SMILES string of the molecule is O=C1CS/C(=N/NC(=O)c2ccccc2C(=O)N/N=C2\NC(=O)CS2)N1. The molecular formula is C14H12N6O4S2. The number of nitrogens with zero attached hydrogens (tertiary/aromatic N) is 2. The van der Waals surface area contributed by atoms with E-state index < -0.39 is 11.8 Å². The molecule has 4 amide bonds. The van der Waals surface area contributed by atoms with E-state index in [0.29, 0.717) is 0 Å². The Morgan fingerprint density at radius 2 is 1.27 bits per heavy atom. The van der Waals surface area contributed by atoms with Gasteiger partial charge in [-0.25, -0.2) is 10.9 Å². The number of rotatable bonds is 4. The first kappa shape index (κ1) is 17.9. The minimum atomic E-state index is -0.610. The topological polar surface area (TPSA) is 141 Å². The van der Waals surface area contributed by atoms with Gasteiger partial charge < -0.3 is 10.6 Å². The second-order valence-electron chi connectivity index (χ2n) is 4.94. The van der Waals surface area contributed by atoms with E-state index >= 15 is 0 Å². The molecule has 0 atom stereocenters. The highest BCUT2D eigenvalue weighted by molar-refractivity contribution is 8.15. The van der Waals surface area contributed by atoms with Crippen molar-refractivity contribution in [3.05, 3.63) is 35.4 Å². The molecule has 26 heavy (non-hydrogen) atoms. The monoisotopic (exact) mass is 392 g/mol. The molecule has 4 N–H and O–H groups in total. The van der Waals surface area contributed by atoms with Crippen LogP contribution < -0.4 is 21.5 Å². The Labute approximate surface area is 155 Å². The van der Waals surface area contributed by atoms with Gasteiger partial charge in [0, 0.05) is 0 Å². The van der Waals surface area contributed by atoms with E-state index in [1.807, 2.05) is 0 Å². The minimum Gasteiger partial charge on any atom is -0.303 e. The van der Waals surface area contributed by atoms with Crippen LogP contribution in [0.4, 0.5) is 0 Å². The van der Waals surface area contributed by atoms with Crippen molar-refractivity contribution in [1.29, 1.82) is 0 Å². The number of thioether (sulfide) groups is 2. The van der Waals surface area contributed by atoms with E-state index in [1.54, 1.807) is 12.1 Å². The highest BCUT2D eigenvalue weighted by Crippen LogP contribution is 2.11. The van der Waals surface area contributed by atoms with Gasteiger partial charge in [0.25, 0.3) is 11.8 Å². The minimum absolute atomic E-state index is 0.0898. The zero-order valence-electron chi connectivity index (χ0n) is 13.1. The summed E-state index contributed by atoms with van der Waals surface area (Å²) in [6, 6.07) is 6.13. The van der Waals surface area contributed by atoms with Crippen molar-refractivity contribution in [2.45, 2.75) is 0 Å². The predicted octanol–water partition coefficient (Wildman–Crippen LogP) is -0.586. The molecular weight excluding hydrogens is 380 g/mol. The molecule has 0 bridgehead atoms. The number of amidine groups is 2. The number of benzene rings is 1. The first-order chi connectivity index (χ1) is 12.5. The lowest BCUT2D eigenvalue weighted by molar-refractivity contribution is -0.117. The highest BCUT2D eigenvalue weighted by Gasteiger charge is 2.20. The van der Waals surface area contributed by atoms with Gasteiger partial charge in [-0.05, 0) is 12.1 Å². The number of carbonyl (C=O) groups is 4. The maximum atomic E-state index is 12.3. The van der Waals surface area contributed by atoms with Crippen LogP contribution in [-0.2, 0) is 9.59 Å². The predicted molar refractivity (Wildman–Crippen MR) is 97.4 cm³/mol. The lowest BCUT2D eigenvalue weighted by Crippen LogP contribution is -2.29. The van der Waals surface area contributed by atoms with E-state index in [0.717, 1.165) is 23.5 Å². The molecule has 0 aliphatic carbocycles. The van der Waals surface area contributed by atoms with Gasteiger partial charge in [-0.2, -0.15) is 0 Å². The van der Waals surface area contributed by atoms with Crippen molar-refractivity contribution in [3.63, 3.8) is 0 Å². The average molecular weight is 392 g/mol. The van der Waals surface area contributed by atoms with E-state index in [9.17, 15) is 19.2 Å². The van der Waals surface area contributed by atoms with Gasteiger partial charge in [0.1, 0.15) is 0 Å². The van der Waals surface area contributed by atoms with Crippen LogP contribution >= 0.6 is 23.5 Å². The van der Waals surface area contributed by atoms with Gasteiger partial charge in [-0.1, -0.05) is 35.7 Å². The van der Waals surface area contributed by atoms with Crippen LogP contribution in [0.2, 0.25) is 0 Å². The van der Waals surface area contributed by atoms with Gasteiger partial charge in [-0.15, -0.1) is 10.2 Å². The van der Waals surface area contributed by atoms with Crippen LogP contribution in [0.5, 0.6) is 0 Å². The molecule has 3 rings (SSSR count). The molecule has 0 aromatic heterocycles. The van der Waals surface area contributed by atoms with Crippen LogP contribution in [-0.4, -0.2) is 45.5 Å². The fourth-order valence-corrected chi connectivity index (χ4v) is 3.25. The third-order valence-electron chi connectivity index (χ3n) is 3.11. The lowest BCUT2D eigenvalue weighted by atomic mass is 10.1. The molecule has 0 unspecified atom stereocenters. The molecule has 0 radical (unpaired) electrons. The standard InChI is InChI=1S/C14H12N6O4S2/c21-9-5-25-13(15-9)19-17-11(23)7-3-1-2-4-8(7)12(24)18-20-14-16-10(22)6-26-14/h1-4H,5-6H2,(H,17,23)(H,18,24)(H,15,19,21)(H,16,20,22). The Kier molecular flexibility index (Phi) is 5.53. The van der Waals surface area contributed by atoms with E-state index in [-0.39, 0.29) is 44.8 Å². The molecule has 2 aliphatic rings. The highest BCUT2D eigenvalue weighted by atomic mass is 32.2. The Bertz CT molecular complexity index is 785. The van der Waals surface area contributed by atoms with Crippen LogP contribution in [0.3, 0.4) is 0 Å². The third kappa shape index (κ3) is 4.40. The average Bonchev–Trinajstić information content (AvgIpc) is 3.25. The molecule has 0 saturated carbocycles. The van der Waals surface area contributed by atoms with Crippen LogP contribution in [0.25, 0.3) is 0 Å². The van der Waals surface area contributed by atoms with Crippen molar-refractivity contribution in [2.75, 3.05) is 11.5 Å². The Morgan fingerprint density at radius 3 is 1.62 bits per heavy atom. The number of hydrogen-bond donors (Lipinski definition) is 4. The summed E-state index contributed by atoms with van der Waals surface area (Å²) in [6.45, 7) is 0. The molecule has 2 fully saturated rings. The van der Waals surface area contributed by atoms with E-state index in [4.69, 9.17) is 0 Å². The molecule has 2 saturated heterocycles. The summed E-state index contributed by atoms with van der Waals surface area (Å²) in [5.41, 5.74) is 4.77. The first-order valence-corrected chi connectivity index (χ1v) is 9.20. The number of nitrogens with one attached hydrogen (secondary N) is 4. The van der Waals surface area contributed by atoms with Crippen molar-refractivity contribution < 1.29 is 19.2 Å². The lowest BCUT2D eigenvalue weighted by Gasteiger charge is -2.07. The van der Waals surface area contributed by atoms with Crippen molar-refractivity contribution in [3.8, 4) is 0 Å². The molecule has 1 aromatic rings. The number of hydrazone groups is 2. The van der Waals surface area contributed by atoms with Crippen molar-refractivity contribution in [2.24, 2.45) is 10.2 Å². The maximum absolute atomic E-state index is 12.3. The largest absolute Gasteiger partial charge is 0.303 e. The molecule has 2 heterocycles. The fraction of sp³-hybridized carbons (Fsp3) is 0.143. The Morgan fingerprint density at radius 1 is 0.846 bits per heavy atom.